The van der Waals surface area contributed by atoms with E-state index in [1.807, 2.05) is 12.1 Å². The summed E-state index contributed by atoms with van der Waals surface area (Å²) in [6, 6.07) is 13.7. The van der Waals surface area contributed by atoms with Crippen molar-refractivity contribution in [3.63, 3.8) is 0 Å². The van der Waals surface area contributed by atoms with Gasteiger partial charge in [0.1, 0.15) is 10.1 Å². The summed E-state index contributed by atoms with van der Waals surface area (Å²) in [5, 5.41) is 2.77. The van der Waals surface area contributed by atoms with Crippen LogP contribution in [-0.2, 0) is 4.79 Å². The first-order valence-corrected chi connectivity index (χ1v) is 9.22. The summed E-state index contributed by atoms with van der Waals surface area (Å²) in [4.78, 5) is 23.7. The summed E-state index contributed by atoms with van der Waals surface area (Å²) >= 11 is 12.2. The molecule has 2 aromatic rings. The highest BCUT2D eigenvalue weighted by Gasteiger charge is 2.52. The quantitative estimate of drug-likeness (QED) is 0.703. The molecule has 0 heterocycles. The Bertz CT molecular complexity index is 862. The monoisotopic (exact) mass is 406 g/mol. The number of nitrogens with two attached hydrogens (primary N) is 1. The van der Waals surface area contributed by atoms with Crippen LogP contribution in [-0.4, -0.2) is 21.7 Å². The van der Waals surface area contributed by atoms with Crippen molar-refractivity contribution in [2.75, 3.05) is 5.32 Å². The van der Waals surface area contributed by atoms with E-state index in [2.05, 4.69) is 5.32 Å². The third kappa shape index (κ3) is 4.54. The van der Waals surface area contributed by atoms with Gasteiger partial charge >= 0.3 is 0 Å². The van der Waals surface area contributed by atoms with Crippen molar-refractivity contribution in [3.05, 3.63) is 59.7 Å². The predicted molar refractivity (Wildman–Crippen MR) is 107 cm³/mol. The number of rotatable bonds is 6. The molecule has 0 aliphatic heterocycles. The molecule has 1 aliphatic carbocycles. The lowest BCUT2D eigenvalue weighted by Crippen LogP contribution is -2.42. The lowest BCUT2D eigenvalue weighted by atomic mass is 10.1. The highest BCUT2D eigenvalue weighted by atomic mass is 35.5. The van der Waals surface area contributed by atoms with E-state index >= 15 is 0 Å². The first kappa shape index (κ1) is 19.5. The maximum Gasteiger partial charge on any atom is 0.267 e. The lowest BCUT2D eigenvalue weighted by Gasteiger charge is -2.25. The first-order chi connectivity index (χ1) is 12.6. The third-order valence-corrected chi connectivity index (χ3v) is 5.29. The minimum absolute atomic E-state index is 0.134. The Hall–Kier alpha value is -2.24. The highest BCUT2D eigenvalue weighted by Crippen LogP contribution is 2.59. The molecule has 2 aromatic carbocycles. The number of amides is 2. The molecule has 2 amide bonds. The molecule has 3 rings (SSSR count). The molecular weight excluding hydrogens is 387 g/mol. The van der Waals surface area contributed by atoms with Crippen LogP contribution in [0.3, 0.4) is 0 Å². The summed E-state index contributed by atoms with van der Waals surface area (Å²) in [5.74, 6) is -0.138. The number of carbonyl (C=O) groups is 2. The van der Waals surface area contributed by atoms with Crippen LogP contribution < -0.4 is 15.8 Å². The Balaban J connectivity index is 1.63. The number of primary amides is 1. The molecule has 5 nitrogen and oxygen atoms in total. The van der Waals surface area contributed by atoms with Crippen LogP contribution >= 0.6 is 23.2 Å². The van der Waals surface area contributed by atoms with Gasteiger partial charge in [0, 0.05) is 17.2 Å². The average Bonchev–Trinajstić information content (AvgIpc) is 3.24. The van der Waals surface area contributed by atoms with Gasteiger partial charge in [-0.2, -0.15) is 0 Å². The van der Waals surface area contributed by atoms with Crippen LogP contribution in [0.25, 0.3) is 0 Å². The Morgan fingerprint density at radius 3 is 2.15 bits per heavy atom. The molecule has 1 aliphatic rings. The zero-order chi connectivity index (χ0) is 19.8. The Morgan fingerprint density at radius 1 is 1.11 bits per heavy atom. The van der Waals surface area contributed by atoms with Gasteiger partial charge in [-0.05, 0) is 62.2 Å². The lowest BCUT2D eigenvalue weighted by molar-refractivity contribution is -0.128. The average molecular weight is 407 g/mol. The number of carbonyl (C=O) groups excluding carboxylic acids is 2. The molecule has 142 valence electrons. The number of benzene rings is 2. The van der Waals surface area contributed by atoms with Crippen molar-refractivity contribution in [1.29, 1.82) is 0 Å². The summed E-state index contributed by atoms with van der Waals surface area (Å²) in [6.07, 6.45) is 0.735. The summed E-state index contributed by atoms with van der Waals surface area (Å²) in [5.41, 5.74) is 6.07. The van der Waals surface area contributed by atoms with Gasteiger partial charge in [-0.15, -0.1) is 23.2 Å². The van der Waals surface area contributed by atoms with E-state index < -0.39 is 15.8 Å². The molecule has 1 fully saturated rings. The fourth-order valence-electron chi connectivity index (χ4n) is 2.68. The molecule has 0 saturated heterocycles. The van der Waals surface area contributed by atoms with E-state index in [0.717, 1.165) is 12.0 Å². The summed E-state index contributed by atoms with van der Waals surface area (Å²) in [7, 11) is 0. The van der Waals surface area contributed by atoms with Crippen molar-refractivity contribution >= 4 is 40.7 Å². The van der Waals surface area contributed by atoms with E-state index in [4.69, 9.17) is 33.7 Å². The second-order valence-corrected chi connectivity index (χ2v) is 8.64. The Morgan fingerprint density at radius 2 is 1.67 bits per heavy atom. The fourth-order valence-corrected chi connectivity index (χ4v) is 3.24. The van der Waals surface area contributed by atoms with E-state index in [9.17, 15) is 9.59 Å². The molecule has 0 radical (unpaired) electrons. The standard InChI is InChI=1S/C20H20Cl2N2O3/c1-19(2,18(26)24-14-7-3-13(4-8-14)17(23)25)27-15-9-5-12(6-10-15)16-11-20(16,21)22/h3-10,16H,11H2,1-2H3,(H2,23,25)(H,24,26)/t16-/m1/s1. The van der Waals surface area contributed by atoms with E-state index in [1.54, 1.807) is 50.2 Å². The van der Waals surface area contributed by atoms with E-state index in [1.165, 1.54) is 0 Å². The van der Waals surface area contributed by atoms with Crippen molar-refractivity contribution < 1.29 is 14.3 Å². The smallest absolute Gasteiger partial charge is 0.267 e. The molecule has 3 N–H and O–H groups in total. The van der Waals surface area contributed by atoms with Crippen molar-refractivity contribution in [2.24, 2.45) is 5.73 Å². The zero-order valence-electron chi connectivity index (χ0n) is 15.0. The van der Waals surface area contributed by atoms with E-state index in [-0.39, 0.29) is 11.8 Å². The third-order valence-electron chi connectivity index (χ3n) is 4.46. The van der Waals surface area contributed by atoms with Crippen LogP contribution in [0.1, 0.15) is 42.1 Å². The van der Waals surface area contributed by atoms with Gasteiger partial charge in [0.05, 0.1) is 0 Å². The molecule has 0 bridgehead atoms. The number of nitrogens with one attached hydrogen (secondary N) is 1. The molecule has 1 saturated carbocycles. The Labute approximate surface area is 167 Å². The molecule has 0 aromatic heterocycles. The minimum Gasteiger partial charge on any atom is -0.478 e. The van der Waals surface area contributed by atoms with Gasteiger partial charge in [0.15, 0.2) is 5.60 Å². The van der Waals surface area contributed by atoms with Crippen LogP contribution in [0.5, 0.6) is 5.75 Å². The highest BCUT2D eigenvalue weighted by molar-refractivity contribution is 6.51. The van der Waals surface area contributed by atoms with Crippen LogP contribution in [0.4, 0.5) is 5.69 Å². The molecule has 0 unspecified atom stereocenters. The van der Waals surface area contributed by atoms with Crippen LogP contribution in [0, 0.1) is 0 Å². The van der Waals surface area contributed by atoms with Gasteiger partial charge in [-0.25, -0.2) is 0 Å². The van der Waals surface area contributed by atoms with Crippen molar-refractivity contribution in [1.82, 2.24) is 0 Å². The maximum absolute atomic E-state index is 12.6. The zero-order valence-corrected chi connectivity index (χ0v) is 16.5. The number of ether oxygens (including phenoxy) is 1. The molecule has 7 heteroatoms. The summed E-state index contributed by atoms with van der Waals surface area (Å²) in [6.45, 7) is 3.36. The van der Waals surface area contributed by atoms with Gasteiger partial charge in [0.25, 0.3) is 5.91 Å². The second kappa shape index (κ2) is 7.06. The number of hydrogen-bond acceptors (Lipinski definition) is 3. The van der Waals surface area contributed by atoms with Gasteiger partial charge in [0.2, 0.25) is 5.91 Å². The van der Waals surface area contributed by atoms with Crippen molar-refractivity contribution in [2.45, 2.75) is 36.1 Å². The van der Waals surface area contributed by atoms with Crippen molar-refractivity contribution in [3.8, 4) is 5.75 Å². The number of anilines is 1. The topological polar surface area (TPSA) is 81.4 Å². The maximum atomic E-state index is 12.6. The SMILES string of the molecule is CC(C)(Oc1ccc([C@H]2CC2(Cl)Cl)cc1)C(=O)Nc1ccc(C(N)=O)cc1. The van der Waals surface area contributed by atoms with E-state index in [0.29, 0.717) is 17.0 Å². The largest absolute Gasteiger partial charge is 0.478 e. The van der Waals surface area contributed by atoms with Crippen LogP contribution in [0.2, 0.25) is 0 Å². The van der Waals surface area contributed by atoms with Gasteiger partial charge < -0.3 is 15.8 Å². The Kier molecular flexibility index (Phi) is 5.10. The minimum atomic E-state index is -1.10. The second-order valence-electron chi connectivity index (χ2n) is 7.09. The molecule has 1 atom stereocenters. The fraction of sp³-hybridized carbons (Fsp3) is 0.300. The number of halogens is 2. The first-order valence-electron chi connectivity index (χ1n) is 8.47. The predicted octanol–water partition coefficient (Wildman–Crippen LogP) is 4.24. The molecular formula is C20H20Cl2N2O3. The number of alkyl halides is 2. The molecule has 27 heavy (non-hydrogen) atoms. The normalized spacial score (nSPS) is 17.9. The van der Waals surface area contributed by atoms with Gasteiger partial charge in [-0.3, -0.25) is 9.59 Å². The summed E-state index contributed by atoms with van der Waals surface area (Å²) < 4.78 is 5.18. The molecule has 0 spiro atoms. The van der Waals surface area contributed by atoms with Gasteiger partial charge in [-0.1, -0.05) is 12.1 Å². The van der Waals surface area contributed by atoms with Crippen LogP contribution in [0.15, 0.2) is 48.5 Å². The number of hydrogen-bond donors (Lipinski definition) is 2.